The Hall–Kier alpha value is -1.04. The summed E-state index contributed by atoms with van der Waals surface area (Å²) in [5.74, 6) is -0.306. The smallest absolute Gasteiger partial charge is 0.254 e. The molecule has 2 fully saturated rings. The average molecular weight is 321 g/mol. The third-order valence-corrected chi connectivity index (χ3v) is 5.19. The van der Waals surface area contributed by atoms with Crippen molar-refractivity contribution in [2.75, 3.05) is 26.3 Å². The van der Waals surface area contributed by atoms with Gasteiger partial charge in [-0.05, 0) is 12.1 Å². The van der Waals surface area contributed by atoms with E-state index in [0.717, 1.165) is 23.3 Å². The lowest BCUT2D eigenvalue weighted by molar-refractivity contribution is -0.181. The molecule has 0 radical (unpaired) electrons. The molecule has 2 aliphatic rings. The second kappa shape index (κ2) is 6.60. The first-order valence-corrected chi connectivity index (χ1v) is 8.80. The van der Waals surface area contributed by atoms with Gasteiger partial charge in [0.25, 0.3) is 5.91 Å². The van der Waals surface area contributed by atoms with E-state index in [9.17, 15) is 4.79 Å². The van der Waals surface area contributed by atoms with Crippen LogP contribution in [0.4, 0.5) is 0 Å². The molecule has 0 atom stereocenters. The van der Waals surface area contributed by atoms with E-state index in [-0.39, 0.29) is 5.91 Å². The van der Waals surface area contributed by atoms with E-state index in [4.69, 9.17) is 9.47 Å². The van der Waals surface area contributed by atoms with Gasteiger partial charge in [0.2, 0.25) is 0 Å². The Morgan fingerprint density at radius 1 is 1.18 bits per heavy atom. The van der Waals surface area contributed by atoms with Gasteiger partial charge in [0.05, 0.1) is 18.8 Å². The van der Waals surface area contributed by atoms with Crippen molar-refractivity contribution in [3.63, 3.8) is 0 Å². The van der Waals surface area contributed by atoms with Crippen molar-refractivity contribution in [2.45, 2.75) is 42.6 Å². The Balaban J connectivity index is 1.70. The number of amides is 1. The van der Waals surface area contributed by atoms with Crippen LogP contribution in [0.2, 0.25) is 0 Å². The highest BCUT2D eigenvalue weighted by Gasteiger charge is 2.41. The first-order chi connectivity index (χ1) is 10.6. The minimum absolute atomic E-state index is 0.122. The molecule has 2 saturated heterocycles. The summed E-state index contributed by atoms with van der Waals surface area (Å²) in [6.07, 6.45) is 1.52. The van der Waals surface area contributed by atoms with E-state index >= 15 is 0 Å². The quantitative estimate of drug-likeness (QED) is 0.802. The van der Waals surface area contributed by atoms with Crippen LogP contribution in [0.5, 0.6) is 0 Å². The minimum atomic E-state index is -0.428. The van der Waals surface area contributed by atoms with Gasteiger partial charge in [-0.3, -0.25) is 4.79 Å². The van der Waals surface area contributed by atoms with Gasteiger partial charge in [0.15, 0.2) is 5.79 Å². The van der Waals surface area contributed by atoms with Gasteiger partial charge in [-0.2, -0.15) is 0 Å². The molecule has 5 heteroatoms. The molecule has 0 saturated carbocycles. The SMILES string of the molecule is CC(C)Sc1ccccc1C(=O)N1CCC2(CC1)OCCO2. The molecule has 1 aromatic rings. The Labute approximate surface area is 136 Å². The molecule has 1 amide bonds. The fraction of sp³-hybridized carbons (Fsp3) is 0.588. The van der Waals surface area contributed by atoms with Gasteiger partial charge in [0.1, 0.15) is 0 Å². The number of nitrogens with zero attached hydrogens (tertiary/aromatic N) is 1. The van der Waals surface area contributed by atoms with Gasteiger partial charge in [-0.1, -0.05) is 26.0 Å². The molecule has 0 unspecified atom stereocenters. The highest BCUT2D eigenvalue weighted by Crippen LogP contribution is 2.33. The predicted octanol–water partition coefficient (Wildman–Crippen LogP) is 3.17. The second-order valence-electron chi connectivity index (χ2n) is 6.06. The summed E-state index contributed by atoms with van der Waals surface area (Å²) < 4.78 is 11.5. The number of carbonyl (C=O) groups excluding carboxylic acids is 1. The van der Waals surface area contributed by atoms with Gasteiger partial charge in [-0.15, -0.1) is 11.8 Å². The summed E-state index contributed by atoms with van der Waals surface area (Å²) in [4.78, 5) is 15.8. The van der Waals surface area contributed by atoms with Crippen molar-refractivity contribution in [1.82, 2.24) is 4.90 Å². The topological polar surface area (TPSA) is 38.8 Å². The first kappa shape index (κ1) is 15.8. The van der Waals surface area contributed by atoms with Gasteiger partial charge in [-0.25, -0.2) is 0 Å². The number of ether oxygens (including phenoxy) is 2. The maximum Gasteiger partial charge on any atom is 0.254 e. The van der Waals surface area contributed by atoms with Crippen molar-refractivity contribution in [3.8, 4) is 0 Å². The molecule has 0 N–H and O–H groups in total. The monoisotopic (exact) mass is 321 g/mol. The number of carbonyl (C=O) groups is 1. The third-order valence-electron chi connectivity index (χ3n) is 4.11. The Kier molecular flexibility index (Phi) is 4.76. The number of hydrogen-bond donors (Lipinski definition) is 0. The van der Waals surface area contributed by atoms with Crippen molar-refractivity contribution < 1.29 is 14.3 Å². The lowest BCUT2D eigenvalue weighted by Gasteiger charge is -2.37. The van der Waals surface area contributed by atoms with Gasteiger partial charge in [0, 0.05) is 36.1 Å². The average Bonchev–Trinajstić information content (AvgIpc) is 2.96. The van der Waals surface area contributed by atoms with Crippen molar-refractivity contribution in [1.29, 1.82) is 0 Å². The zero-order valence-corrected chi connectivity index (χ0v) is 14.0. The van der Waals surface area contributed by atoms with Crippen LogP contribution in [-0.4, -0.2) is 48.1 Å². The van der Waals surface area contributed by atoms with Crippen LogP contribution in [0.3, 0.4) is 0 Å². The fourth-order valence-electron chi connectivity index (χ4n) is 3.01. The summed E-state index contributed by atoms with van der Waals surface area (Å²) in [5, 5.41) is 0.457. The van der Waals surface area contributed by atoms with Crippen LogP contribution in [0.15, 0.2) is 29.2 Å². The minimum Gasteiger partial charge on any atom is -0.347 e. The summed E-state index contributed by atoms with van der Waals surface area (Å²) in [7, 11) is 0. The van der Waals surface area contributed by atoms with Gasteiger partial charge < -0.3 is 14.4 Å². The van der Waals surface area contributed by atoms with E-state index in [1.54, 1.807) is 11.8 Å². The Morgan fingerprint density at radius 3 is 2.45 bits per heavy atom. The van der Waals surface area contributed by atoms with Crippen LogP contribution in [0.25, 0.3) is 0 Å². The summed E-state index contributed by atoms with van der Waals surface area (Å²) in [5.41, 5.74) is 0.811. The van der Waals surface area contributed by atoms with Gasteiger partial charge >= 0.3 is 0 Å². The summed E-state index contributed by atoms with van der Waals surface area (Å²) in [6, 6.07) is 7.89. The molecule has 0 aliphatic carbocycles. The van der Waals surface area contributed by atoms with Crippen LogP contribution in [0.1, 0.15) is 37.0 Å². The van der Waals surface area contributed by atoms with Crippen LogP contribution >= 0.6 is 11.8 Å². The largest absolute Gasteiger partial charge is 0.347 e. The molecule has 3 rings (SSSR count). The molecule has 1 spiro atoms. The number of rotatable bonds is 3. The van der Waals surface area contributed by atoms with Crippen molar-refractivity contribution >= 4 is 17.7 Å². The molecular weight excluding hydrogens is 298 g/mol. The molecule has 0 bridgehead atoms. The molecule has 1 aromatic carbocycles. The van der Waals surface area contributed by atoms with E-state index in [1.165, 1.54) is 0 Å². The van der Waals surface area contributed by atoms with E-state index in [2.05, 4.69) is 13.8 Å². The molecule has 4 nitrogen and oxygen atoms in total. The van der Waals surface area contributed by atoms with E-state index in [0.29, 0.717) is 31.6 Å². The van der Waals surface area contributed by atoms with E-state index < -0.39 is 5.79 Å². The second-order valence-corrected chi connectivity index (χ2v) is 7.68. The number of benzene rings is 1. The Morgan fingerprint density at radius 2 is 1.82 bits per heavy atom. The van der Waals surface area contributed by atoms with Crippen LogP contribution < -0.4 is 0 Å². The number of likely N-dealkylation sites (tertiary alicyclic amines) is 1. The zero-order valence-electron chi connectivity index (χ0n) is 13.2. The van der Waals surface area contributed by atoms with E-state index in [1.807, 2.05) is 29.2 Å². The normalized spacial score (nSPS) is 20.8. The van der Waals surface area contributed by atoms with Crippen LogP contribution in [-0.2, 0) is 9.47 Å². The molecule has 0 aromatic heterocycles. The zero-order chi connectivity index (χ0) is 15.6. The maximum absolute atomic E-state index is 12.8. The lowest BCUT2D eigenvalue weighted by atomic mass is 10.0. The number of piperidine rings is 1. The number of thioether (sulfide) groups is 1. The highest BCUT2D eigenvalue weighted by atomic mass is 32.2. The molecule has 2 heterocycles. The number of hydrogen-bond acceptors (Lipinski definition) is 4. The fourth-order valence-corrected chi connectivity index (χ4v) is 3.95. The standard InChI is InChI=1S/C17H23NO3S/c1-13(2)22-15-6-4-3-5-14(15)16(19)18-9-7-17(8-10-18)20-11-12-21-17/h3-6,13H,7-12H2,1-2H3. The van der Waals surface area contributed by atoms with Crippen molar-refractivity contribution in [3.05, 3.63) is 29.8 Å². The third kappa shape index (κ3) is 3.31. The predicted molar refractivity (Wildman–Crippen MR) is 87.2 cm³/mol. The lowest BCUT2D eigenvalue weighted by Crippen LogP contribution is -2.47. The Bertz CT molecular complexity index is 530. The molecular formula is C17H23NO3S. The molecule has 2 aliphatic heterocycles. The highest BCUT2D eigenvalue weighted by molar-refractivity contribution is 8.00. The summed E-state index contributed by atoms with van der Waals surface area (Å²) in [6.45, 7) is 7.01. The maximum atomic E-state index is 12.8. The molecule has 22 heavy (non-hydrogen) atoms. The van der Waals surface area contributed by atoms with Crippen LogP contribution in [0, 0.1) is 0 Å². The van der Waals surface area contributed by atoms with Crippen molar-refractivity contribution in [2.24, 2.45) is 0 Å². The summed E-state index contributed by atoms with van der Waals surface area (Å²) >= 11 is 1.74. The first-order valence-electron chi connectivity index (χ1n) is 7.92. The molecule has 120 valence electrons.